The molecule has 0 saturated heterocycles. The van der Waals surface area contributed by atoms with Gasteiger partial charge in [0.1, 0.15) is 0 Å². The van der Waals surface area contributed by atoms with Crippen molar-refractivity contribution in [1.29, 1.82) is 0 Å². The van der Waals surface area contributed by atoms with Crippen LogP contribution in [0.2, 0.25) is 0 Å². The van der Waals surface area contributed by atoms with Crippen LogP contribution in [0.25, 0.3) is 0 Å². The summed E-state index contributed by atoms with van der Waals surface area (Å²) in [7, 11) is 0. The topological polar surface area (TPSA) is 0 Å². The highest BCUT2D eigenvalue weighted by atomic mass is 35.5. The van der Waals surface area contributed by atoms with Gasteiger partial charge in [-0.15, -0.1) is 11.6 Å². The predicted molar refractivity (Wildman–Crippen MR) is 62.3 cm³/mol. The van der Waals surface area contributed by atoms with Gasteiger partial charge in [0, 0.05) is 4.87 Å². The van der Waals surface area contributed by atoms with Gasteiger partial charge in [-0.25, -0.2) is 0 Å². The zero-order valence-electron chi connectivity index (χ0n) is 10.0. The Kier molecular flexibility index (Phi) is 5.36. The molecule has 0 nitrogen and oxygen atoms in total. The number of hydrogen-bond donors (Lipinski definition) is 0. The standard InChI is InChI=1S/C12H25Cl/c1-9(2)7-8-12(6,13)11(5)10(3)4/h9-11H,7-8H2,1-6H3. The van der Waals surface area contributed by atoms with E-state index in [1.54, 1.807) is 0 Å². The summed E-state index contributed by atoms with van der Waals surface area (Å²) in [5, 5.41) is 0. The number of halogens is 1. The van der Waals surface area contributed by atoms with Gasteiger partial charge < -0.3 is 0 Å². The van der Waals surface area contributed by atoms with Gasteiger partial charge in [-0.2, -0.15) is 0 Å². The Labute approximate surface area is 89.1 Å². The lowest BCUT2D eigenvalue weighted by atomic mass is 9.81. The number of alkyl halides is 1. The van der Waals surface area contributed by atoms with Crippen molar-refractivity contribution in [2.75, 3.05) is 0 Å². The van der Waals surface area contributed by atoms with Crippen LogP contribution in [0.4, 0.5) is 0 Å². The summed E-state index contributed by atoms with van der Waals surface area (Å²) >= 11 is 6.53. The molecule has 13 heavy (non-hydrogen) atoms. The van der Waals surface area contributed by atoms with Gasteiger partial charge >= 0.3 is 0 Å². The molecule has 0 aliphatic rings. The van der Waals surface area contributed by atoms with Crippen LogP contribution in [0.1, 0.15) is 54.4 Å². The number of hydrogen-bond acceptors (Lipinski definition) is 0. The zero-order valence-corrected chi connectivity index (χ0v) is 10.8. The maximum atomic E-state index is 6.53. The molecule has 0 bridgehead atoms. The molecule has 0 amide bonds. The fraction of sp³-hybridized carbons (Fsp3) is 1.00. The molecule has 2 unspecified atom stereocenters. The van der Waals surface area contributed by atoms with Crippen LogP contribution in [0.3, 0.4) is 0 Å². The van der Waals surface area contributed by atoms with Crippen LogP contribution < -0.4 is 0 Å². The highest BCUT2D eigenvalue weighted by molar-refractivity contribution is 6.23. The molecule has 0 aromatic heterocycles. The maximum Gasteiger partial charge on any atom is 0.0446 e. The van der Waals surface area contributed by atoms with Crippen molar-refractivity contribution >= 4 is 11.6 Å². The average molecular weight is 205 g/mol. The van der Waals surface area contributed by atoms with Gasteiger partial charge in [0.2, 0.25) is 0 Å². The van der Waals surface area contributed by atoms with Gasteiger partial charge in [0.15, 0.2) is 0 Å². The molecule has 0 heterocycles. The van der Waals surface area contributed by atoms with Crippen molar-refractivity contribution in [3.63, 3.8) is 0 Å². The van der Waals surface area contributed by atoms with Crippen LogP contribution in [-0.2, 0) is 0 Å². The molecule has 0 spiro atoms. The predicted octanol–water partition coefficient (Wildman–Crippen LogP) is 4.71. The fourth-order valence-corrected chi connectivity index (χ4v) is 1.85. The van der Waals surface area contributed by atoms with Crippen molar-refractivity contribution in [2.24, 2.45) is 17.8 Å². The van der Waals surface area contributed by atoms with Crippen molar-refractivity contribution in [3.05, 3.63) is 0 Å². The van der Waals surface area contributed by atoms with E-state index >= 15 is 0 Å². The first-order valence-electron chi connectivity index (χ1n) is 5.46. The Morgan fingerprint density at radius 3 is 1.85 bits per heavy atom. The Balaban J connectivity index is 4.06. The van der Waals surface area contributed by atoms with Gasteiger partial charge in [0.25, 0.3) is 0 Å². The van der Waals surface area contributed by atoms with E-state index in [4.69, 9.17) is 11.6 Å². The summed E-state index contributed by atoms with van der Waals surface area (Å²) in [4.78, 5) is -0.0154. The summed E-state index contributed by atoms with van der Waals surface area (Å²) in [6.07, 6.45) is 2.36. The molecule has 80 valence electrons. The summed E-state index contributed by atoms with van der Waals surface area (Å²) in [6.45, 7) is 13.5. The molecule has 0 aromatic carbocycles. The Morgan fingerprint density at radius 2 is 1.54 bits per heavy atom. The first-order valence-corrected chi connectivity index (χ1v) is 5.84. The van der Waals surface area contributed by atoms with Crippen molar-refractivity contribution in [1.82, 2.24) is 0 Å². The van der Waals surface area contributed by atoms with Gasteiger partial charge in [-0.05, 0) is 37.5 Å². The molecular formula is C12H25Cl. The highest BCUT2D eigenvalue weighted by Gasteiger charge is 2.30. The van der Waals surface area contributed by atoms with Crippen molar-refractivity contribution < 1.29 is 0 Å². The van der Waals surface area contributed by atoms with Crippen LogP contribution in [0.15, 0.2) is 0 Å². The van der Waals surface area contributed by atoms with Gasteiger partial charge in [-0.1, -0.05) is 34.6 Å². The maximum absolute atomic E-state index is 6.53. The van der Waals surface area contributed by atoms with E-state index in [1.807, 2.05) is 0 Å². The molecule has 1 heteroatoms. The monoisotopic (exact) mass is 204 g/mol. The third kappa shape index (κ3) is 4.90. The normalized spacial score (nSPS) is 19.2. The van der Waals surface area contributed by atoms with E-state index in [1.165, 1.54) is 6.42 Å². The van der Waals surface area contributed by atoms with Gasteiger partial charge in [0.05, 0.1) is 0 Å². The Hall–Kier alpha value is 0.290. The largest absolute Gasteiger partial charge is 0.119 e. The third-order valence-corrected chi connectivity index (χ3v) is 3.69. The van der Waals surface area contributed by atoms with E-state index < -0.39 is 0 Å². The molecule has 0 aliphatic carbocycles. The molecule has 0 radical (unpaired) electrons. The summed E-state index contributed by atoms with van der Waals surface area (Å²) in [5.74, 6) is 2.03. The quantitative estimate of drug-likeness (QED) is 0.569. The second-order valence-electron chi connectivity index (χ2n) is 5.24. The van der Waals surface area contributed by atoms with E-state index in [-0.39, 0.29) is 4.87 Å². The van der Waals surface area contributed by atoms with E-state index in [9.17, 15) is 0 Å². The average Bonchev–Trinajstić information content (AvgIpc) is 1.99. The van der Waals surface area contributed by atoms with Crippen LogP contribution in [0.5, 0.6) is 0 Å². The van der Waals surface area contributed by atoms with Crippen LogP contribution in [-0.4, -0.2) is 4.87 Å². The highest BCUT2D eigenvalue weighted by Crippen LogP contribution is 2.35. The second kappa shape index (κ2) is 5.24. The Morgan fingerprint density at radius 1 is 1.08 bits per heavy atom. The number of rotatable bonds is 5. The summed E-state index contributed by atoms with van der Waals surface area (Å²) < 4.78 is 0. The van der Waals surface area contributed by atoms with E-state index in [0.29, 0.717) is 11.8 Å². The van der Waals surface area contributed by atoms with Crippen LogP contribution >= 0.6 is 11.6 Å². The molecule has 0 aliphatic heterocycles. The van der Waals surface area contributed by atoms with E-state index in [2.05, 4.69) is 41.5 Å². The molecule has 0 aromatic rings. The molecule has 2 atom stereocenters. The first-order chi connectivity index (χ1) is 5.77. The van der Waals surface area contributed by atoms with Crippen molar-refractivity contribution in [2.45, 2.75) is 59.3 Å². The molecule has 0 fully saturated rings. The molecule has 0 rings (SSSR count). The zero-order chi connectivity index (χ0) is 10.6. The fourth-order valence-electron chi connectivity index (χ4n) is 1.49. The van der Waals surface area contributed by atoms with Crippen LogP contribution in [0, 0.1) is 17.8 Å². The van der Waals surface area contributed by atoms with Gasteiger partial charge in [-0.3, -0.25) is 0 Å². The van der Waals surface area contributed by atoms with E-state index in [0.717, 1.165) is 12.3 Å². The van der Waals surface area contributed by atoms with Crippen molar-refractivity contribution in [3.8, 4) is 0 Å². The smallest absolute Gasteiger partial charge is 0.0446 e. The minimum Gasteiger partial charge on any atom is -0.119 e. The third-order valence-electron chi connectivity index (χ3n) is 3.16. The summed E-state index contributed by atoms with van der Waals surface area (Å²) in [5.41, 5.74) is 0. The molecule has 0 N–H and O–H groups in total. The second-order valence-corrected chi connectivity index (χ2v) is 6.11. The minimum atomic E-state index is -0.0154. The molecule has 0 saturated carbocycles. The lowest BCUT2D eigenvalue weighted by Crippen LogP contribution is -2.30. The summed E-state index contributed by atoms with van der Waals surface area (Å²) in [6, 6.07) is 0. The first kappa shape index (κ1) is 13.3. The SMILES string of the molecule is CC(C)CCC(C)(Cl)C(C)C(C)C. The minimum absolute atomic E-state index is 0.0154. The lowest BCUT2D eigenvalue weighted by Gasteiger charge is -2.32. The molecular weight excluding hydrogens is 180 g/mol. The Bertz CT molecular complexity index is 136. The lowest BCUT2D eigenvalue weighted by molar-refractivity contribution is 0.294.